The number of aliphatic hydroxyl groups is 1. The number of carboxylic acid groups (broad SMARTS) is 1. The molecule has 5 fully saturated rings. The summed E-state index contributed by atoms with van der Waals surface area (Å²) < 4.78 is 0. The summed E-state index contributed by atoms with van der Waals surface area (Å²) in [5, 5.41) is 50.8. The van der Waals surface area contributed by atoms with Gasteiger partial charge in [-0.05, 0) is 81.0 Å². The van der Waals surface area contributed by atoms with Crippen molar-refractivity contribution in [1.82, 2.24) is 87.9 Å². The minimum absolute atomic E-state index is 0.0403. The van der Waals surface area contributed by atoms with E-state index in [4.69, 9.17) is 11.5 Å². The molecule has 15 amide bonds. The zero-order valence-corrected chi connectivity index (χ0v) is 63.4. The summed E-state index contributed by atoms with van der Waals surface area (Å²) in [6.07, 6.45) is 0.182. The van der Waals surface area contributed by atoms with Crippen LogP contribution >= 0.6 is 23.5 Å². The van der Waals surface area contributed by atoms with Gasteiger partial charge >= 0.3 is 5.97 Å². The van der Waals surface area contributed by atoms with Gasteiger partial charge in [-0.1, -0.05) is 64.1 Å². The number of hydrogen-bond donors (Lipinski definition) is 16. The van der Waals surface area contributed by atoms with Crippen molar-refractivity contribution < 1.29 is 86.9 Å². The first-order valence-corrected chi connectivity index (χ1v) is 38.7. The fraction of sp³-hybridized carbons (Fsp3) is 0.549. The average Bonchev–Trinajstić information content (AvgIpc) is 1.09. The Kier molecular flexibility index (Phi) is 28.8. The van der Waals surface area contributed by atoms with Crippen LogP contribution in [0.25, 0.3) is 21.8 Å². The highest BCUT2D eigenvalue weighted by Crippen LogP contribution is 2.27. The molecule has 5 aliphatic rings. The van der Waals surface area contributed by atoms with Crippen molar-refractivity contribution in [2.24, 2.45) is 23.3 Å². The van der Waals surface area contributed by atoms with Gasteiger partial charge in [0.1, 0.15) is 66.5 Å². The molecule has 5 saturated heterocycles. The predicted molar refractivity (Wildman–Crippen MR) is 400 cm³/mol. The standard InChI is InChI=1S/C71H97N19O18S2/c1-35(2)57-69(106)80-47(25-56(95)96)63(100)76-28-53(92)90-51(24-40-27-75-44-16-10-8-14-42(40)44)68(105)84-58(36(3)4)71(108)89-20-12-18-50(89)67(104)81-48(60(73)97)29-109-31-54(93)86-21-22-87(34-88(90)33-86)55(94)32-110-30-49(82-61(98)37(5)72)66(103)85-59-52(91)19-11-17-45(78-70(59)107)64(101)77-38(6)62(99)79-46(65(102)83-57)23-39-26-74-43-15-9-7-13-41(39)43/h7-10,13-16,26-27,35-38,45-52,57-59,74-75,91H,11-12,17-25,28-34,72H2,1-6H3,(H2,73,97)(H,76,100)(H,77,101)(H,78,107)(H,79,99)(H,80,106)(H,81,104)(H,82,98)(H,83,102)(H,84,105)(H,85,103)(H,95,96)/t37-,38-,45-,46-,47-,48-,49-,50-,51-,52+,57-,58-,59-/m0/s1. The van der Waals surface area contributed by atoms with Crippen LogP contribution in [0.3, 0.4) is 0 Å². The molecule has 0 spiro atoms. The Morgan fingerprint density at radius 2 is 1.18 bits per heavy atom. The minimum Gasteiger partial charge on any atom is -0.481 e. The maximum absolute atomic E-state index is 16.0. The third-order valence-electron chi connectivity index (χ3n) is 19.8. The van der Waals surface area contributed by atoms with E-state index in [1.807, 2.05) is 0 Å². The molecular formula is C71H97N19O18S2. The highest BCUT2D eigenvalue weighted by Gasteiger charge is 2.46. The number of aliphatic carboxylic acids is 1. The van der Waals surface area contributed by atoms with Gasteiger partial charge in [0, 0.05) is 78.2 Å². The number of benzene rings is 2. The van der Waals surface area contributed by atoms with Gasteiger partial charge in [0.2, 0.25) is 82.7 Å². The number of primary amides is 1. The molecule has 5 aliphatic heterocycles. The molecule has 0 aliphatic carbocycles. The molecule has 596 valence electrons. The SMILES string of the molecule is CC(C)[C@@H]1NC(=O)[C@H](Cc2c[nH]c3ccccc23)NC(=O)[C@H](C)NC(=O)[C@@H]2CCC[C@@H](O)[C@H](NC(=O)[C@@H](NC(=O)[C@H](C)N)CSCC(=O)N3CCN4CN(C3)N(C(=O)CNC(=O)[C@H](CC(=O)O)NC1=O)[C@@H](Cc1c[nH]c3ccccc13)C(=O)N[C@@H](C(C)C)C(=O)N1CCC[C@H]1C(=O)N[C@H](C(N)=O)CSCC4=O)C(=O)N2. The molecule has 0 radical (unpaired) electrons. The number of carbonyl (C=O) groups is 16. The van der Waals surface area contributed by atoms with E-state index in [1.54, 1.807) is 74.8 Å². The van der Waals surface area contributed by atoms with E-state index in [-0.39, 0.29) is 57.5 Å². The van der Waals surface area contributed by atoms with E-state index >= 15 is 19.2 Å². The van der Waals surface area contributed by atoms with Crippen LogP contribution in [0.2, 0.25) is 0 Å². The van der Waals surface area contributed by atoms with E-state index in [1.165, 1.54) is 47.4 Å². The number of carbonyl (C=O) groups excluding carboxylic acids is 15. The van der Waals surface area contributed by atoms with E-state index in [2.05, 4.69) is 63.1 Å². The predicted octanol–water partition coefficient (Wildman–Crippen LogP) is -4.42. The van der Waals surface area contributed by atoms with Gasteiger partial charge in [-0.2, -0.15) is 5.01 Å². The number of hydrazine groups is 1. The van der Waals surface area contributed by atoms with Crippen LogP contribution < -0.4 is 64.6 Å². The highest BCUT2D eigenvalue weighted by molar-refractivity contribution is 8.00. The number of fused-ring (bicyclic) bond motifs is 8. The third-order valence-corrected chi connectivity index (χ3v) is 21.8. The Morgan fingerprint density at radius 3 is 1.78 bits per heavy atom. The molecule has 110 heavy (non-hydrogen) atoms. The number of hydrogen-bond acceptors (Lipinski definition) is 21. The smallest absolute Gasteiger partial charge is 0.305 e. The number of nitrogens with zero attached hydrogens (tertiary/aromatic N) is 5. The van der Waals surface area contributed by atoms with Crippen LogP contribution in [0.15, 0.2) is 60.9 Å². The van der Waals surface area contributed by atoms with Crippen LogP contribution in [0.1, 0.15) is 91.2 Å². The summed E-state index contributed by atoms with van der Waals surface area (Å²) in [7, 11) is 0. The molecule has 37 nitrogen and oxygen atoms in total. The number of carboxylic acids is 1. The maximum Gasteiger partial charge on any atom is 0.305 e. The molecule has 1 unspecified atom stereocenters. The quantitative estimate of drug-likeness (QED) is 0.0674. The fourth-order valence-corrected chi connectivity index (χ4v) is 15.5. The zero-order valence-electron chi connectivity index (χ0n) is 61.8. The number of rotatable bonds is 11. The first kappa shape index (κ1) is 83.7. The Labute approximate surface area is 641 Å². The molecule has 0 saturated carbocycles. The molecule has 9 rings (SSSR count). The van der Waals surface area contributed by atoms with Crippen molar-refractivity contribution in [3.05, 3.63) is 72.1 Å². The number of amides is 15. The highest BCUT2D eigenvalue weighted by atomic mass is 32.2. The lowest BCUT2D eigenvalue weighted by Crippen LogP contribution is -2.65. The topological polar surface area (TPSA) is 534 Å². The molecule has 2 aromatic carbocycles. The van der Waals surface area contributed by atoms with Gasteiger partial charge in [-0.3, -0.25) is 81.7 Å². The van der Waals surface area contributed by atoms with E-state index < -0.39 is 235 Å². The van der Waals surface area contributed by atoms with Gasteiger partial charge in [0.25, 0.3) is 5.91 Å². The number of aliphatic hydroxyl groups excluding tert-OH is 1. The van der Waals surface area contributed by atoms with Gasteiger partial charge in [0.15, 0.2) is 0 Å². The van der Waals surface area contributed by atoms with Gasteiger partial charge in [-0.15, -0.1) is 23.5 Å². The first-order valence-electron chi connectivity index (χ1n) is 36.4. The summed E-state index contributed by atoms with van der Waals surface area (Å²) in [5.41, 5.74) is 14.0. The Morgan fingerprint density at radius 1 is 0.591 bits per heavy atom. The van der Waals surface area contributed by atoms with E-state index in [9.17, 15) is 67.7 Å². The lowest BCUT2D eigenvalue weighted by atomic mass is 9.97. The average molecular weight is 1570 g/mol. The van der Waals surface area contributed by atoms with Crippen molar-refractivity contribution in [1.29, 1.82) is 0 Å². The third kappa shape index (κ3) is 21.1. The van der Waals surface area contributed by atoms with Gasteiger partial charge in [-0.25, -0.2) is 0 Å². The number of para-hydroxylation sites is 2. The van der Waals surface area contributed by atoms with Crippen LogP contribution in [0.4, 0.5) is 0 Å². The number of aromatic nitrogens is 2. The van der Waals surface area contributed by atoms with Crippen LogP contribution in [0, 0.1) is 11.8 Å². The molecule has 7 heterocycles. The largest absolute Gasteiger partial charge is 0.481 e. The monoisotopic (exact) mass is 1570 g/mol. The van der Waals surface area contributed by atoms with Crippen molar-refractivity contribution in [2.75, 3.05) is 62.5 Å². The number of nitrogens with one attached hydrogen (secondary N) is 12. The zero-order chi connectivity index (χ0) is 79.9. The molecule has 18 N–H and O–H groups in total. The lowest BCUT2D eigenvalue weighted by Gasteiger charge is -2.42. The maximum atomic E-state index is 16.0. The number of H-pyrrole nitrogens is 2. The second kappa shape index (κ2) is 37.8. The lowest BCUT2D eigenvalue weighted by molar-refractivity contribution is -0.172. The number of thioether (sulfide) groups is 2. The second-order valence-electron chi connectivity index (χ2n) is 28.7. The van der Waals surface area contributed by atoms with Crippen molar-refractivity contribution in [3.63, 3.8) is 0 Å². The molecule has 2 aromatic heterocycles. The van der Waals surface area contributed by atoms with E-state index in [0.29, 0.717) is 39.4 Å². The molecule has 39 heteroatoms. The number of nitrogens with two attached hydrogens (primary N) is 2. The summed E-state index contributed by atoms with van der Waals surface area (Å²) in [4.78, 5) is 242. The van der Waals surface area contributed by atoms with Gasteiger partial charge < -0.3 is 99.5 Å². The molecule has 5 bridgehead atoms. The molecule has 14 atom stereocenters. The fourth-order valence-electron chi connectivity index (χ4n) is 13.6. The van der Waals surface area contributed by atoms with E-state index in [0.717, 1.165) is 28.5 Å². The summed E-state index contributed by atoms with van der Waals surface area (Å²) in [6, 6.07) is -4.34. The molecular weight excluding hydrogens is 1470 g/mol. The Balaban J connectivity index is 1.15. The van der Waals surface area contributed by atoms with Crippen molar-refractivity contribution >= 4 is 140 Å². The van der Waals surface area contributed by atoms with Crippen LogP contribution in [-0.4, -0.2) is 281 Å². The van der Waals surface area contributed by atoms with Gasteiger partial charge in [0.05, 0.1) is 50.0 Å². The van der Waals surface area contributed by atoms with Crippen LogP contribution in [-0.2, 0) is 89.6 Å². The minimum atomic E-state index is -2.03. The first-order chi connectivity index (χ1) is 52.3. The summed E-state index contributed by atoms with van der Waals surface area (Å²) in [5.74, 6) is -18.9. The second-order valence-corrected chi connectivity index (χ2v) is 30.8. The Bertz CT molecular complexity index is 4150. The van der Waals surface area contributed by atoms with Crippen LogP contribution in [0.5, 0.6) is 0 Å². The van der Waals surface area contributed by atoms with Crippen molar-refractivity contribution in [3.8, 4) is 0 Å². The number of aromatic amines is 2. The normalized spacial score (nSPS) is 27.6. The summed E-state index contributed by atoms with van der Waals surface area (Å²) >= 11 is 1.70. The molecule has 4 aromatic rings. The Hall–Kier alpha value is -10.4. The summed E-state index contributed by atoms with van der Waals surface area (Å²) in [6.45, 7) is 5.95. The van der Waals surface area contributed by atoms with Crippen molar-refractivity contribution in [2.45, 2.75) is 172 Å².